The van der Waals surface area contributed by atoms with Gasteiger partial charge in [0.15, 0.2) is 0 Å². The van der Waals surface area contributed by atoms with Crippen molar-refractivity contribution in [3.05, 3.63) is 70.8 Å². The highest BCUT2D eigenvalue weighted by Crippen LogP contribution is 2.35. The quantitative estimate of drug-likeness (QED) is 0.262. The Morgan fingerprint density at radius 2 is 1.03 bits per heavy atom. The fourth-order valence-corrected chi connectivity index (χ4v) is 6.03. The number of hydrogen-bond donors (Lipinski definition) is 0. The first kappa shape index (κ1) is 24.8. The molecular weight excluding hydrogens is 420 g/mol. The molecular formula is C31H42O3. The summed E-state index contributed by atoms with van der Waals surface area (Å²) in [6, 6.07) is 17.7. The van der Waals surface area contributed by atoms with Gasteiger partial charge in [0.05, 0.1) is 13.2 Å². The summed E-state index contributed by atoms with van der Waals surface area (Å²) in [6.07, 6.45) is 16.5. The molecule has 4 rings (SSSR count). The molecule has 0 aliphatic heterocycles. The predicted molar refractivity (Wildman–Crippen MR) is 138 cm³/mol. The molecule has 2 aromatic rings. The van der Waals surface area contributed by atoms with Crippen LogP contribution >= 0.6 is 0 Å². The molecule has 0 N–H and O–H groups in total. The molecule has 0 bridgehead atoms. The minimum absolute atomic E-state index is 0.419. The molecule has 2 saturated carbocycles. The number of rotatable bonds is 10. The molecule has 0 heterocycles. The maximum Gasteiger partial charge on any atom is 0.508 e. The van der Waals surface area contributed by atoms with Crippen LogP contribution in [0.5, 0.6) is 0 Å². The van der Waals surface area contributed by atoms with Crippen LogP contribution in [0.4, 0.5) is 4.79 Å². The van der Waals surface area contributed by atoms with Crippen molar-refractivity contribution in [2.24, 2.45) is 0 Å². The molecule has 0 spiro atoms. The second-order valence-electron chi connectivity index (χ2n) is 10.2. The zero-order valence-electron chi connectivity index (χ0n) is 20.8. The first-order valence-electron chi connectivity index (χ1n) is 13.8. The van der Waals surface area contributed by atoms with E-state index in [0.717, 1.165) is 25.7 Å². The van der Waals surface area contributed by atoms with Crippen LogP contribution < -0.4 is 0 Å². The van der Waals surface area contributed by atoms with Crippen molar-refractivity contribution in [3.8, 4) is 0 Å². The highest BCUT2D eigenvalue weighted by Gasteiger charge is 2.19. The number of ether oxygens (including phenoxy) is 2. The van der Waals surface area contributed by atoms with Gasteiger partial charge < -0.3 is 9.47 Å². The zero-order chi connectivity index (χ0) is 23.4. The topological polar surface area (TPSA) is 35.5 Å². The van der Waals surface area contributed by atoms with E-state index in [4.69, 9.17) is 9.47 Å². The van der Waals surface area contributed by atoms with Crippen LogP contribution in [0.3, 0.4) is 0 Å². The third-order valence-electron chi connectivity index (χ3n) is 7.82. The Morgan fingerprint density at radius 3 is 1.47 bits per heavy atom. The summed E-state index contributed by atoms with van der Waals surface area (Å²) in [5.74, 6) is 1.41. The molecule has 0 saturated heterocycles. The number of aryl methyl sites for hydroxylation is 2. The van der Waals surface area contributed by atoms with E-state index in [-0.39, 0.29) is 0 Å². The third-order valence-corrected chi connectivity index (χ3v) is 7.82. The van der Waals surface area contributed by atoms with Crippen LogP contribution in [0.2, 0.25) is 0 Å². The molecule has 0 amide bonds. The SMILES string of the molecule is O=C(OCCCc1ccccc1C1CCCCC1)OCCCc1ccccc1C1CCCCC1. The van der Waals surface area contributed by atoms with Crippen molar-refractivity contribution in [3.63, 3.8) is 0 Å². The van der Waals surface area contributed by atoms with Crippen molar-refractivity contribution in [1.29, 1.82) is 0 Å². The Bertz CT molecular complexity index is 806. The predicted octanol–water partition coefficient (Wildman–Crippen LogP) is 8.50. The number of carbonyl (C=O) groups is 1. The van der Waals surface area contributed by atoms with E-state index >= 15 is 0 Å². The van der Waals surface area contributed by atoms with Crippen molar-refractivity contribution < 1.29 is 14.3 Å². The highest BCUT2D eigenvalue weighted by molar-refractivity contribution is 5.59. The fraction of sp³-hybridized carbons (Fsp3) is 0.581. The number of hydrogen-bond acceptors (Lipinski definition) is 3. The maximum absolute atomic E-state index is 12.0. The van der Waals surface area contributed by atoms with Gasteiger partial charge in [-0.15, -0.1) is 0 Å². The smallest absolute Gasteiger partial charge is 0.434 e. The van der Waals surface area contributed by atoms with Crippen LogP contribution in [0.1, 0.15) is 111 Å². The number of carbonyl (C=O) groups excluding carboxylic acids is 1. The van der Waals surface area contributed by atoms with Gasteiger partial charge in [0, 0.05) is 0 Å². The zero-order valence-corrected chi connectivity index (χ0v) is 20.8. The second-order valence-corrected chi connectivity index (χ2v) is 10.2. The minimum atomic E-state index is -0.527. The van der Waals surface area contributed by atoms with Crippen molar-refractivity contribution in [2.45, 2.75) is 102 Å². The third kappa shape index (κ3) is 7.35. The molecule has 3 nitrogen and oxygen atoms in total. The lowest BCUT2D eigenvalue weighted by Crippen LogP contribution is -2.12. The molecule has 2 aromatic carbocycles. The maximum atomic E-state index is 12.0. The molecule has 34 heavy (non-hydrogen) atoms. The first-order chi connectivity index (χ1) is 16.8. The molecule has 0 radical (unpaired) electrons. The Labute approximate surface area is 206 Å². The van der Waals surface area contributed by atoms with Gasteiger partial charge >= 0.3 is 6.16 Å². The second kappa shape index (κ2) is 13.6. The van der Waals surface area contributed by atoms with Crippen LogP contribution in [-0.4, -0.2) is 19.4 Å². The summed E-state index contributed by atoms with van der Waals surface area (Å²) in [5, 5.41) is 0. The lowest BCUT2D eigenvalue weighted by Gasteiger charge is -2.24. The van der Waals surface area contributed by atoms with E-state index in [9.17, 15) is 4.79 Å². The lowest BCUT2D eigenvalue weighted by atomic mass is 9.81. The molecule has 2 fully saturated rings. The highest BCUT2D eigenvalue weighted by atomic mass is 16.7. The van der Waals surface area contributed by atoms with Gasteiger partial charge in [-0.25, -0.2) is 4.79 Å². The average Bonchev–Trinajstić information content (AvgIpc) is 2.90. The molecule has 0 unspecified atom stereocenters. The van der Waals surface area contributed by atoms with Crippen molar-refractivity contribution >= 4 is 6.16 Å². The van der Waals surface area contributed by atoms with E-state index in [1.54, 1.807) is 0 Å². The Morgan fingerprint density at radius 1 is 0.618 bits per heavy atom. The summed E-state index contributed by atoms with van der Waals surface area (Å²) in [7, 11) is 0. The normalized spacial score (nSPS) is 17.4. The summed E-state index contributed by atoms with van der Waals surface area (Å²) in [6.45, 7) is 0.838. The van der Waals surface area contributed by atoms with Crippen LogP contribution in [0.25, 0.3) is 0 Å². The van der Waals surface area contributed by atoms with Crippen molar-refractivity contribution in [1.82, 2.24) is 0 Å². The van der Waals surface area contributed by atoms with Crippen molar-refractivity contribution in [2.75, 3.05) is 13.2 Å². The Kier molecular flexibility index (Phi) is 9.90. The molecule has 0 atom stereocenters. The van der Waals surface area contributed by atoms with Gasteiger partial charge in [0.2, 0.25) is 0 Å². The van der Waals surface area contributed by atoms with E-state index < -0.39 is 6.16 Å². The standard InChI is InChI=1S/C31H42O3/c32-31(33-23-11-19-27-17-7-9-21-29(27)25-13-3-1-4-14-25)34-24-12-20-28-18-8-10-22-30(28)26-15-5-2-6-16-26/h7-10,17-18,21-22,25-26H,1-6,11-16,19-20,23-24H2. The largest absolute Gasteiger partial charge is 0.508 e. The van der Waals surface area contributed by atoms with Gasteiger partial charge in [-0.3, -0.25) is 0 Å². The van der Waals surface area contributed by atoms with E-state index in [0.29, 0.717) is 25.0 Å². The summed E-state index contributed by atoms with van der Waals surface area (Å²) >= 11 is 0. The first-order valence-corrected chi connectivity index (χ1v) is 13.8. The van der Waals surface area contributed by atoms with Gasteiger partial charge in [-0.05, 0) is 85.5 Å². The van der Waals surface area contributed by atoms with E-state index in [2.05, 4.69) is 48.5 Å². The van der Waals surface area contributed by atoms with Gasteiger partial charge in [-0.2, -0.15) is 0 Å². The molecule has 2 aliphatic carbocycles. The molecule has 2 aliphatic rings. The summed E-state index contributed by atoms with van der Waals surface area (Å²) in [4.78, 5) is 12.0. The average molecular weight is 463 g/mol. The lowest BCUT2D eigenvalue weighted by molar-refractivity contribution is 0.0539. The van der Waals surface area contributed by atoms with Crippen LogP contribution in [-0.2, 0) is 22.3 Å². The van der Waals surface area contributed by atoms with E-state index in [1.807, 2.05) is 0 Å². The summed E-state index contributed by atoms with van der Waals surface area (Å²) < 4.78 is 10.7. The van der Waals surface area contributed by atoms with E-state index in [1.165, 1.54) is 86.5 Å². The van der Waals surface area contributed by atoms with Gasteiger partial charge in [-0.1, -0.05) is 87.1 Å². The molecule has 184 valence electrons. The fourth-order valence-electron chi connectivity index (χ4n) is 6.03. The summed E-state index contributed by atoms with van der Waals surface area (Å²) in [5.41, 5.74) is 5.86. The van der Waals surface area contributed by atoms with Crippen LogP contribution in [0, 0.1) is 0 Å². The van der Waals surface area contributed by atoms with Gasteiger partial charge in [0.1, 0.15) is 0 Å². The minimum Gasteiger partial charge on any atom is -0.434 e. The Hall–Kier alpha value is -2.29. The van der Waals surface area contributed by atoms with Gasteiger partial charge in [0.25, 0.3) is 0 Å². The molecule has 0 aromatic heterocycles. The molecule has 3 heteroatoms. The van der Waals surface area contributed by atoms with Crippen LogP contribution in [0.15, 0.2) is 48.5 Å². The Balaban J connectivity index is 1.13. The monoisotopic (exact) mass is 462 g/mol. The number of benzene rings is 2.